The van der Waals surface area contributed by atoms with Gasteiger partial charge in [-0.25, -0.2) is 4.79 Å². The SMILES string of the molecule is COc1ccccc1COCCCOc1ccc([C@@H]2CCN(OC(=O)OC(C)(C)C)C[C@@H]2COc2ccc3ccc(O)cc3c2)cc1. The number of carbonyl (C=O) groups is 1. The number of hydrogen-bond acceptors (Lipinski definition) is 9. The van der Waals surface area contributed by atoms with Gasteiger partial charge in [0.05, 0.1) is 33.5 Å². The van der Waals surface area contributed by atoms with Gasteiger partial charge in [0, 0.05) is 31.0 Å². The molecule has 1 saturated heterocycles. The molecule has 0 aliphatic carbocycles. The van der Waals surface area contributed by atoms with Gasteiger partial charge in [-0.05, 0) is 91.9 Å². The van der Waals surface area contributed by atoms with Crippen molar-refractivity contribution in [1.29, 1.82) is 0 Å². The Hall–Kier alpha value is -4.47. The van der Waals surface area contributed by atoms with Crippen LogP contribution >= 0.6 is 0 Å². The molecule has 0 bridgehead atoms. The smallest absolute Gasteiger partial charge is 0.508 e. The van der Waals surface area contributed by atoms with Gasteiger partial charge >= 0.3 is 6.16 Å². The van der Waals surface area contributed by atoms with Crippen molar-refractivity contribution in [3.63, 3.8) is 0 Å². The number of hydroxylamine groups is 2. The van der Waals surface area contributed by atoms with Crippen LogP contribution in [0.15, 0.2) is 84.9 Å². The average Bonchev–Trinajstić information content (AvgIpc) is 3.05. The number of nitrogens with zero attached hydrogens (tertiary/aromatic N) is 1. The zero-order chi connectivity index (χ0) is 33.2. The van der Waals surface area contributed by atoms with Crippen LogP contribution in [0.1, 0.15) is 50.7 Å². The lowest BCUT2D eigenvalue weighted by atomic mass is 9.81. The van der Waals surface area contributed by atoms with E-state index in [0.717, 1.165) is 40.7 Å². The minimum absolute atomic E-state index is 0.0261. The number of phenols is 1. The van der Waals surface area contributed by atoms with E-state index < -0.39 is 11.8 Å². The summed E-state index contributed by atoms with van der Waals surface area (Å²) in [5.74, 6) is 2.75. The first-order valence-electron chi connectivity index (χ1n) is 16.1. The monoisotopic (exact) mass is 643 g/mol. The predicted molar refractivity (Wildman–Crippen MR) is 180 cm³/mol. The summed E-state index contributed by atoms with van der Waals surface area (Å²) < 4.78 is 28.9. The van der Waals surface area contributed by atoms with E-state index in [1.165, 1.54) is 5.56 Å². The van der Waals surface area contributed by atoms with Gasteiger partial charge in [0.15, 0.2) is 0 Å². The van der Waals surface area contributed by atoms with Crippen molar-refractivity contribution in [2.75, 3.05) is 40.0 Å². The molecule has 1 N–H and O–H groups in total. The summed E-state index contributed by atoms with van der Waals surface area (Å²) in [5, 5.41) is 13.5. The maximum absolute atomic E-state index is 12.4. The fourth-order valence-electron chi connectivity index (χ4n) is 5.74. The number of benzene rings is 4. The number of phenolic OH excluding ortho intramolecular Hbond substituents is 1. The van der Waals surface area contributed by atoms with E-state index in [0.29, 0.717) is 45.3 Å². The van der Waals surface area contributed by atoms with Gasteiger partial charge in [0.1, 0.15) is 28.6 Å². The number of carbonyl (C=O) groups excluding carboxylic acids is 1. The normalized spacial score (nSPS) is 16.9. The molecular weight excluding hydrogens is 598 g/mol. The molecule has 0 spiro atoms. The van der Waals surface area contributed by atoms with Crippen molar-refractivity contribution in [1.82, 2.24) is 5.06 Å². The highest BCUT2D eigenvalue weighted by Crippen LogP contribution is 2.35. The van der Waals surface area contributed by atoms with Crippen LogP contribution in [0, 0.1) is 5.92 Å². The highest BCUT2D eigenvalue weighted by molar-refractivity contribution is 5.85. The van der Waals surface area contributed by atoms with Gasteiger partial charge in [0.25, 0.3) is 0 Å². The van der Waals surface area contributed by atoms with Gasteiger partial charge in [-0.2, -0.15) is 0 Å². The first-order chi connectivity index (χ1) is 22.7. The molecule has 1 aliphatic rings. The van der Waals surface area contributed by atoms with Gasteiger partial charge in [-0.3, -0.25) is 0 Å². The molecule has 9 heteroatoms. The van der Waals surface area contributed by atoms with Gasteiger partial charge in [-0.15, -0.1) is 5.06 Å². The van der Waals surface area contributed by atoms with Crippen molar-refractivity contribution >= 4 is 16.9 Å². The first-order valence-corrected chi connectivity index (χ1v) is 16.1. The third-order valence-corrected chi connectivity index (χ3v) is 8.01. The summed E-state index contributed by atoms with van der Waals surface area (Å²) in [6.07, 6.45) is 0.823. The van der Waals surface area contributed by atoms with E-state index in [9.17, 15) is 9.90 Å². The van der Waals surface area contributed by atoms with Crippen LogP contribution < -0.4 is 14.2 Å². The number of aromatic hydroxyl groups is 1. The van der Waals surface area contributed by atoms with E-state index in [-0.39, 0.29) is 17.6 Å². The van der Waals surface area contributed by atoms with Gasteiger partial charge < -0.3 is 33.6 Å². The summed E-state index contributed by atoms with van der Waals surface area (Å²) in [6, 6.07) is 27.2. The molecule has 0 saturated carbocycles. The Morgan fingerprint density at radius 2 is 1.66 bits per heavy atom. The molecular formula is C38H45NO8. The largest absolute Gasteiger partial charge is 0.528 e. The lowest BCUT2D eigenvalue weighted by Gasteiger charge is -2.37. The van der Waals surface area contributed by atoms with E-state index in [4.69, 9.17) is 28.5 Å². The fraction of sp³-hybridized carbons (Fsp3) is 0.395. The van der Waals surface area contributed by atoms with Gasteiger partial charge in [0.2, 0.25) is 0 Å². The summed E-state index contributed by atoms with van der Waals surface area (Å²) in [5.41, 5.74) is 1.55. The van der Waals surface area contributed by atoms with Gasteiger partial charge in [-0.1, -0.05) is 42.5 Å². The Morgan fingerprint density at radius 3 is 2.45 bits per heavy atom. The molecule has 4 aromatic carbocycles. The number of ether oxygens (including phenoxy) is 5. The molecule has 0 unspecified atom stereocenters. The lowest BCUT2D eigenvalue weighted by Crippen LogP contribution is -2.43. The maximum Gasteiger partial charge on any atom is 0.528 e. The molecule has 47 heavy (non-hydrogen) atoms. The van der Waals surface area contributed by atoms with Crippen LogP contribution in [0.5, 0.6) is 23.0 Å². The Balaban J connectivity index is 1.17. The Morgan fingerprint density at radius 1 is 0.894 bits per heavy atom. The van der Waals surface area contributed by atoms with Crippen LogP contribution in [-0.4, -0.2) is 61.9 Å². The number of piperidine rings is 1. The predicted octanol–water partition coefficient (Wildman–Crippen LogP) is 7.89. The summed E-state index contributed by atoms with van der Waals surface area (Å²) in [4.78, 5) is 18.0. The van der Waals surface area contributed by atoms with E-state index in [2.05, 4.69) is 12.1 Å². The second-order valence-electron chi connectivity index (χ2n) is 12.7. The molecule has 5 rings (SSSR count). The van der Waals surface area contributed by atoms with E-state index >= 15 is 0 Å². The molecule has 0 aromatic heterocycles. The molecule has 4 aromatic rings. The lowest BCUT2D eigenvalue weighted by molar-refractivity contribution is -0.163. The van der Waals surface area contributed by atoms with Crippen LogP contribution in [0.4, 0.5) is 4.79 Å². The minimum atomic E-state index is -0.711. The van der Waals surface area contributed by atoms with E-state index in [1.807, 2.05) is 81.4 Å². The minimum Gasteiger partial charge on any atom is -0.508 e. The Labute approximate surface area is 276 Å². The summed E-state index contributed by atoms with van der Waals surface area (Å²) >= 11 is 0. The number of fused-ring (bicyclic) bond motifs is 1. The third-order valence-electron chi connectivity index (χ3n) is 8.01. The van der Waals surface area contributed by atoms with Crippen molar-refractivity contribution < 1.29 is 38.4 Å². The number of hydrogen-bond donors (Lipinski definition) is 1. The topological polar surface area (TPSA) is 95.9 Å². The van der Waals surface area contributed by atoms with Crippen LogP contribution in [0.2, 0.25) is 0 Å². The Bertz CT molecular complexity index is 1600. The molecule has 9 nitrogen and oxygen atoms in total. The maximum atomic E-state index is 12.4. The number of rotatable bonds is 13. The van der Waals surface area contributed by atoms with Crippen molar-refractivity contribution in [2.45, 2.75) is 51.7 Å². The van der Waals surface area contributed by atoms with Crippen molar-refractivity contribution in [3.05, 3.63) is 96.1 Å². The summed E-state index contributed by atoms with van der Waals surface area (Å²) in [7, 11) is 1.66. The fourth-order valence-corrected chi connectivity index (χ4v) is 5.74. The first kappa shape index (κ1) is 33.9. The number of methoxy groups -OCH3 is 1. The van der Waals surface area contributed by atoms with Crippen molar-refractivity contribution in [2.24, 2.45) is 5.92 Å². The highest BCUT2D eigenvalue weighted by Gasteiger charge is 2.34. The quantitative estimate of drug-likeness (QED) is 0.115. The average molecular weight is 644 g/mol. The van der Waals surface area contributed by atoms with E-state index in [1.54, 1.807) is 24.3 Å². The van der Waals surface area contributed by atoms with Crippen LogP contribution in [0.25, 0.3) is 10.8 Å². The molecule has 1 heterocycles. The molecule has 1 aliphatic heterocycles. The standard InChI is InChI=1S/C38H45NO8/c1-38(2,3)46-37(41)47-39-19-18-35(31(24-39)26-45-34-17-11-27-10-14-32(40)22-30(27)23-34)28-12-15-33(16-13-28)44-21-7-20-43-25-29-8-5-6-9-36(29)42-4/h5-6,8-17,22-23,31,35,40H,7,18-21,24-26H2,1-4H3/t31-,35+/m1/s1. The zero-order valence-corrected chi connectivity index (χ0v) is 27.6. The van der Waals surface area contributed by atoms with Crippen LogP contribution in [0.3, 0.4) is 0 Å². The Kier molecular flexibility index (Phi) is 11.5. The molecule has 1 fully saturated rings. The van der Waals surface area contributed by atoms with Crippen LogP contribution in [-0.2, 0) is 20.9 Å². The number of para-hydroxylation sites is 1. The molecule has 0 amide bonds. The summed E-state index contributed by atoms with van der Waals surface area (Å²) in [6.45, 7) is 8.54. The highest BCUT2D eigenvalue weighted by atomic mass is 16.8. The third kappa shape index (κ3) is 10.0. The van der Waals surface area contributed by atoms with Crippen molar-refractivity contribution in [3.8, 4) is 23.0 Å². The second kappa shape index (κ2) is 15.9. The zero-order valence-electron chi connectivity index (χ0n) is 27.6. The molecule has 2 atom stereocenters. The second-order valence-corrected chi connectivity index (χ2v) is 12.7. The molecule has 250 valence electrons. The molecule has 0 radical (unpaired) electrons.